The Balaban J connectivity index is 3.56. The van der Waals surface area contributed by atoms with Crippen molar-refractivity contribution < 1.29 is 20.1 Å². The fourth-order valence-electron chi connectivity index (χ4n) is 9.32. The van der Waals surface area contributed by atoms with E-state index in [2.05, 4.69) is 43.5 Å². The van der Waals surface area contributed by atoms with Crippen molar-refractivity contribution in [1.82, 2.24) is 5.32 Å². The van der Waals surface area contributed by atoms with Crippen LogP contribution in [0.15, 0.2) is 36.5 Å². The summed E-state index contributed by atoms with van der Waals surface area (Å²) in [4.78, 5) is 12.6. The van der Waals surface area contributed by atoms with E-state index in [4.69, 9.17) is 0 Å². The molecule has 0 spiro atoms. The van der Waals surface area contributed by atoms with Gasteiger partial charge < -0.3 is 20.6 Å². The minimum atomic E-state index is -1.11. The molecule has 0 fully saturated rings. The molecule has 66 heavy (non-hydrogen) atoms. The van der Waals surface area contributed by atoms with Crippen molar-refractivity contribution in [3.05, 3.63) is 36.5 Å². The second-order valence-electron chi connectivity index (χ2n) is 20.5. The van der Waals surface area contributed by atoms with Crippen LogP contribution in [0.25, 0.3) is 0 Å². The third-order valence-corrected chi connectivity index (χ3v) is 14.0. The van der Waals surface area contributed by atoms with Crippen molar-refractivity contribution in [3.8, 4) is 0 Å². The largest absolute Gasteiger partial charge is 0.394 e. The van der Waals surface area contributed by atoms with Crippen LogP contribution in [0.4, 0.5) is 0 Å². The molecule has 0 aliphatic carbocycles. The maximum Gasteiger partial charge on any atom is 0.249 e. The van der Waals surface area contributed by atoms with Crippen molar-refractivity contribution in [2.45, 2.75) is 340 Å². The van der Waals surface area contributed by atoms with Gasteiger partial charge in [-0.15, -0.1) is 0 Å². The van der Waals surface area contributed by atoms with Crippen LogP contribution in [0, 0.1) is 0 Å². The van der Waals surface area contributed by atoms with Crippen LogP contribution in [0.3, 0.4) is 0 Å². The van der Waals surface area contributed by atoms with Crippen molar-refractivity contribution >= 4 is 5.91 Å². The van der Waals surface area contributed by atoms with E-state index in [1.165, 1.54) is 263 Å². The molecular formula is C61H117NO4. The Bertz CT molecular complexity index is 1020. The summed E-state index contributed by atoms with van der Waals surface area (Å²) in [6.07, 6.45) is 73.8. The summed E-state index contributed by atoms with van der Waals surface area (Å²) >= 11 is 0. The average Bonchev–Trinajstić information content (AvgIpc) is 3.32. The molecule has 0 aromatic rings. The Labute approximate surface area is 413 Å². The summed E-state index contributed by atoms with van der Waals surface area (Å²) in [5, 5.41) is 33.4. The van der Waals surface area contributed by atoms with E-state index >= 15 is 0 Å². The van der Waals surface area contributed by atoms with E-state index in [1.54, 1.807) is 6.08 Å². The van der Waals surface area contributed by atoms with Crippen molar-refractivity contribution in [2.24, 2.45) is 0 Å². The fraction of sp³-hybridized carbons (Fsp3) is 0.885. The van der Waals surface area contributed by atoms with Crippen LogP contribution in [0.1, 0.15) is 322 Å². The third-order valence-electron chi connectivity index (χ3n) is 14.0. The SMILES string of the molecule is CCCCCCCCCCCCCC/C=C\CCCCCCCCCCCCCCCCCC(O)C(=O)NC(CO)C(O)/C=C/CC/C=C/CCCCCCCCCCCCCCCCC. The van der Waals surface area contributed by atoms with Gasteiger partial charge in [0.1, 0.15) is 6.10 Å². The molecule has 4 N–H and O–H groups in total. The number of unbranched alkanes of at least 4 members (excludes halogenated alkanes) is 43. The van der Waals surface area contributed by atoms with Crippen molar-refractivity contribution in [3.63, 3.8) is 0 Å². The fourth-order valence-corrected chi connectivity index (χ4v) is 9.32. The van der Waals surface area contributed by atoms with Crippen molar-refractivity contribution in [2.75, 3.05) is 6.61 Å². The Morgan fingerprint density at radius 2 is 0.621 bits per heavy atom. The van der Waals surface area contributed by atoms with Crippen molar-refractivity contribution in [1.29, 1.82) is 0 Å². The first kappa shape index (κ1) is 64.6. The number of aliphatic hydroxyl groups excluding tert-OH is 3. The highest BCUT2D eigenvalue weighted by atomic mass is 16.3. The maximum atomic E-state index is 12.6. The number of aliphatic hydroxyl groups is 3. The number of amides is 1. The molecule has 0 aliphatic rings. The zero-order valence-corrected chi connectivity index (χ0v) is 44.6. The Hall–Kier alpha value is -1.43. The molecule has 0 aliphatic heterocycles. The molecule has 0 saturated heterocycles. The predicted octanol–water partition coefficient (Wildman–Crippen LogP) is 18.6. The van der Waals surface area contributed by atoms with Crippen LogP contribution >= 0.6 is 0 Å². The van der Waals surface area contributed by atoms with Gasteiger partial charge in [0.05, 0.1) is 18.8 Å². The van der Waals surface area contributed by atoms with Crippen LogP contribution < -0.4 is 5.32 Å². The Morgan fingerprint density at radius 3 is 0.924 bits per heavy atom. The van der Waals surface area contributed by atoms with Gasteiger partial charge in [-0.1, -0.05) is 301 Å². The monoisotopic (exact) mass is 928 g/mol. The minimum absolute atomic E-state index is 0.374. The number of hydrogen-bond acceptors (Lipinski definition) is 4. The summed E-state index contributed by atoms with van der Waals surface area (Å²) in [5.41, 5.74) is 0. The lowest BCUT2D eigenvalue weighted by atomic mass is 10.0. The quantitative estimate of drug-likeness (QED) is 0.0361. The Kier molecular flexibility index (Phi) is 54.9. The standard InChI is InChI=1S/C61H117NO4/c1-3-5-7-9-11-13-15-17-19-21-23-25-26-27-28-29-30-31-32-33-34-36-38-40-42-44-46-48-50-52-54-56-60(65)61(66)62-58(57-63)59(64)55-53-51-49-47-45-43-41-39-37-35-24-22-20-18-16-14-12-10-8-6-4-2/h27-28,45,47,53,55,58-60,63-65H,3-26,29-44,46,48-52,54,56-57H2,1-2H3,(H,62,66)/b28-27-,47-45+,55-53+. The number of hydrogen-bond donors (Lipinski definition) is 4. The molecule has 0 saturated carbocycles. The van der Waals surface area contributed by atoms with Gasteiger partial charge in [0.25, 0.3) is 0 Å². The minimum Gasteiger partial charge on any atom is -0.394 e. The highest BCUT2D eigenvalue weighted by molar-refractivity contribution is 5.80. The van der Waals surface area contributed by atoms with E-state index in [0.717, 1.165) is 38.5 Å². The number of allylic oxidation sites excluding steroid dienone is 5. The molecule has 390 valence electrons. The molecule has 3 atom stereocenters. The second-order valence-corrected chi connectivity index (χ2v) is 20.5. The maximum absolute atomic E-state index is 12.6. The van der Waals surface area contributed by atoms with Gasteiger partial charge in [-0.3, -0.25) is 4.79 Å². The molecule has 5 nitrogen and oxygen atoms in total. The van der Waals surface area contributed by atoms with E-state index < -0.39 is 24.2 Å². The number of rotatable bonds is 55. The highest BCUT2D eigenvalue weighted by Crippen LogP contribution is 2.17. The van der Waals surface area contributed by atoms with Crippen LogP contribution in [0.2, 0.25) is 0 Å². The highest BCUT2D eigenvalue weighted by Gasteiger charge is 2.22. The lowest BCUT2D eigenvalue weighted by molar-refractivity contribution is -0.131. The van der Waals surface area contributed by atoms with Crippen LogP contribution in [-0.4, -0.2) is 46.1 Å². The Morgan fingerprint density at radius 1 is 0.364 bits per heavy atom. The molecule has 3 unspecified atom stereocenters. The number of carbonyl (C=O) groups excluding carboxylic acids is 1. The summed E-state index contributed by atoms with van der Waals surface area (Å²) < 4.78 is 0. The number of carbonyl (C=O) groups is 1. The van der Waals surface area contributed by atoms with Crippen LogP contribution in [-0.2, 0) is 4.79 Å². The molecule has 0 radical (unpaired) electrons. The first-order valence-electron chi connectivity index (χ1n) is 29.8. The smallest absolute Gasteiger partial charge is 0.249 e. The third kappa shape index (κ3) is 50.4. The molecule has 5 heteroatoms. The topological polar surface area (TPSA) is 89.8 Å². The summed E-state index contributed by atoms with van der Waals surface area (Å²) in [5.74, 6) is -0.508. The van der Waals surface area contributed by atoms with Gasteiger partial charge in [-0.25, -0.2) is 0 Å². The van der Waals surface area contributed by atoms with E-state index in [0.29, 0.717) is 6.42 Å². The second kappa shape index (κ2) is 56.2. The van der Waals surface area contributed by atoms with E-state index in [1.807, 2.05) is 6.08 Å². The summed E-state index contributed by atoms with van der Waals surface area (Å²) in [6.45, 7) is 4.21. The van der Waals surface area contributed by atoms with Gasteiger partial charge in [-0.05, 0) is 57.8 Å². The summed E-state index contributed by atoms with van der Waals surface area (Å²) in [6, 6.07) is -0.815. The van der Waals surface area contributed by atoms with Gasteiger partial charge in [0, 0.05) is 0 Å². The summed E-state index contributed by atoms with van der Waals surface area (Å²) in [7, 11) is 0. The number of nitrogens with one attached hydrogen (secondary N) is 1. The van der Waals surface area contributed by atoms with E-state index in [-0.39, 0.29) is 6.61 Å². The van der Waals surface area contributed by atoms with Gasteiger partial charge in [0.15, 0.2) is 0 Å². The average molecular weight is 929 g/mol. The first-order valence-corrected chi connectivity index (χ1v) is 29.8. The predicted molar refractivity (Wildman–Crippen MR) is 291 cm³/mol. The van der Waals surface area contributed by atoms with Crippen LogP contribution in [0.5, 0.6) is 0 Å². The van der Waals surface area contributed by atoms with Gasteiger partial charge in [-0.2, -0.15) is 0 Å². The molecule has 0 aromatic heterocycles. The van der Waals surface area contributed by atoms with E-state index in [9.17, 15) is 20.1 Å². The zero-order valence-electron chi connectivity index (χ0n) is 44.6. The molecule has 0 rings (SSSR count). The molecule has 0 heterocycles. The van der Waals surface area contributed by atoms with Gasteiger partial charge >= 0.3 is 0 Å². The zero-order chi connectivity index (χ0) is 47.9. The normalized spacial score (nSPS) is 13.5. The first-order chi connectivity index (χ1) is 32.6. The lowest BCUT2D eigenvalue weighted by Crippen LogP contribution is -2.48. The lowest BCUT2D eigenvalue weighted by Gasteiger charge is -2.21. The molecule has 0 aromatic carbocycles. The molecule has 0 bridgehead atoms. The molecular weight excluding hydrogens is 811 g/mol. The molecule has 1 amide bonds. The van der Waals surface area contributed by atoms with Gasteiger partial charge in [0.2, 0.25) is 5.91 Å².